The minimum absolute atomic E-state index is 0.0840. The van der Waals surface area contributed by atoms with Crippen molar-refractivity contribution in [3.63, 3.8) is 0 Å². The van der Waals surface area contributed by atoms with Crippen molar-refractivity contribution in [3.05, 3.63) is 76.1 Å². The van der Waals surface area contributed by atoms with E-state index in [4.69, 9.17) is 11.6 Å². The van der Waals surface area contributed by atoms with Gasteiger partial charge in [0.05, 0.1) is 15.1 Å². The summed E-state index contributed by atoms with van der Waals surface area (Å²) in [5, 5.41) is 13.6. The molecule has 5 aromatic rings. The molecule has 0 saturated heterocycles. The molecule has 0 saturated carbocycles. The molecule has 1 N–H and O–H groups in total. The highest BCUT2D eigenvalue weighted by Gasteiger charge is 2.27. The lowest BCUT2D eigenvalue weighted by molar-refractivity contribution is 0.592. The lowest BCUT2D eigenvalue weighted by Gasteiger charge is -2.09. The molecule has 5 rings (SSSR count). The number of halogens is 1. The molecule has 0 radical (unpaired) electrons. The molecule has 3 aromatic heterocycles. The van der Waals surface area contributed by atoms with E-state index in [0.29, 0.717) is 17.4 Å². The standard InChI is InChI=1S/C21H16ClN5O2S2/c1-13-2-4-14(5-3-13)12-23-19-18-17(10-11-30-18)27-20(24-19)21(25-26-27)31(28,29)16-8-6-15(22)7-9-16/h2-11H,12H2,1H3,(H,23,24). The average Bonchev–Trinajstić information content (AvgIpc) is 3.40. The van der Waals surface area contributed by atoms with Crippen molar-refractivity contribution >= 4 is 54.5 Å². The highest BCUT2D eigenvalue weighted by molar-refractivity contribution is 7.91. The summed E-state index contributed by atoms with van der Waals surface area (Å²) in [4.78, 5) is 4.69. The molecule has 31 heavy (non-hydrogen) atoms. The van der Waals surface area contributed by atoms with Crippen LogP contribution < -0.4 is 5.32 Å². The topological polar surface area (TPSA) is 89.2 Å². The van der Waals surface area contributed by atoms with Gasteiger partial charge < -0.3 is 5.32 Å². The largest absolute Gasteiger partial charge is 0.365 e. The quantitative estimate of drug-likeness (QED) is 0.399. The van der Waals surface area contributed by atoms with Crippen molar-refractivity contribution in [2.24, 2.45) is 0 Å². The summed E-state index contributed by atoms with van der Waals surface area (Å²) in [5.41, 5.74) is 3.20. The number of sulfone groups is 1. The number of hydrogen-bond acceptors (Lipinski definition) is 7. The van der Waals surface area contributed by atoms with Gasteiger partial charge in [0.25, 0.3) is 0 Å². The van der Waals surface area contributed by atoms with E-state index in [2.05, 4.69) is 20.6 Å². The summed E-state index contributed by atoms with van der Waals surface area (Å²) in [6, 6.07) is 16.0. The molecule has 0 fully saturated rings. The molecule has 3 heterocycles. The highest BCUT2D eigenvalue weighted by Crippen LogP contribution is 2.31. The van der Waals surface area contributed by atoms with Gasteiger partial charge >= 0.3 is 0 Å². The maximum absolute atomic E-state index is 13.2. The first kappa shape index (κ1) is 19.9. The predicted octanol–water partition coefficient (Wildman–Crippen LogP) is 4.75. The van der Waals surface area contributed by atoms with Gasteiger partial charge in [0.1, 0.15) is 5.82 Å². The van der Waals surface area contributed by atoms with Crippen molar-refractivity contribution in [2.45, 2.75) is 23.4 Å². The Morgan fingerprint density at radius 2 is 1.81 bits per heavy atom. The summed E-state index contributed by atoms with van der Waals surface area (Å²) in [7, 11) is -3.92. The zero-order valence-corrected chi connectivity index (χ0v) is 18.7. The summed E-state index contributed by atoms with van der Waals surface area (Å²) >= 11 is 7.41. The number of nitrogens with one attached hydrogen (secondary N) is 1. The third-order valence-electron chi connectivity index (χ3n) is 4.88. The highest BCUT2D eigenvalue weighted by atomic mass is 35.5. The zero-order valence-electron chi connectivity index (χ0n) is 16.3. The second-order valence-electron chi connectivity index (χ2n) is 7.02. The van der Waals surface area contributed by atoms with E-state index >= 15 is 0 Å². The lowest BCUT2D eigenvalue weighted by atomic mass is 10.1. The maximum Gasteiger partial charge on any atom is 0.229 e. The maximum atomic E-state index is 13.2. The Hall–Kier alpha value is -3.01. The van der Waals surface area contributed by atoms with E-state index in [1.807, 2.05) is 42.6 Å². The van der Waals surface area contributed by atoms with Crippen LogP contribution in [0.5, 0.6) is 0 Å². The van der Waals surface area contributed by atoms with Crippen LogP contribution >= 0.6 is 22.9 Å². The Kier molecular flexibility index (Phi) is 4.88. The molecule has 0 unspecified atom stereocenters. The van der Waals surface area contributed by atoms with Crippen LogP contribution in [0.3, 0.4) is 0 Å². The number of nitrogens with zero attached hydrogens (tertiary/aromatic N) is 4. The van der Waals surface area contributed by atoms with E-state index in [1.165, 1.54) is 45.7 Å². The monoisotopic (exact) mass is 469 g/mol. The van der Waals surface area contributed by atoms with E-state index in [-0.39, 0.29) is 15.6 Å². The van der Waals surface area contributed by atoms with Crippen molar-refractivity contribution in [1.29, 1.82) is 0 Å². The van der Waals surface area contributed by atoms with Gasteiger partial charge in [0.15, 0.2) is 5.65 Å². The molecular weight excluding hydrogens is 454 g/mol. The molecule has 7 nitrogen and oxygen atoms in total. The number of aryl methyl sites for hydroxylation is 1. The fourth-order valence-electron chi connectivity index (χ4n) is 3.23. The number of rotatable bonds is 5. The molecule has 2 aromatic carbocycles. The number of benzene rings is 2. The minimum atomic E-state index is -3.92. The summed E-state index contributed by atoms with van der Waals surface area (Å²) in [6.45, 7) is 2.59. The van der Waals surface area contributed by atoms with Crippen LogP contribution in [0.15, 0.2) is 69.9 Å². The molecule has 10 heteroatoms. The molecule has 0 aliphatic heterocycles. The SMILES string of the molecule is Cc1ccc(CNc2nc3c(S(=O)(=O)c4ccc(Cl)cc4)nnn3c3ccsc23)cc1. The van der Waals surface area contributed by atoms with Crippen molar-refractivity contribution in [2.75, 3.05) is 5.32 Å². The van der Waals surface area contributed by atoms with Gasteiger partial charge in [-0.3, -0.25) is 0 Å². The fourth-order valence-corrected chi connectivity index (χ4v) is 5.43. The van der Waals surface area contributed by atoms with Crippen molar-refractivity contribution in [1.82, 2.24) is 19.8 Å². The van der Waals surface area contributed by atoms with Gasteiger partial charge in [-0.25, -0.2) is 13.4 Å². The van der Waals surface area contributed by atoms with Gasteiger partial charge in [-0.2, -0.15) is 4.52 Å². The third-order valence-corrected chi connectivity index (χ3v) is 7.71. The molecule has 0 spiro atoms. The van der Waals surface area contributed by atoms with Crippen LogP contribution in [-0.4, -0.2) is 28.2 Å². The number of fused-ring (bicyclic) bond motifs is 3. The minimum Gasteiger partial charge on any atom is -0.365 e. The van der Waals surface area contributed by atoms with Crippen LogP contribution in [0, 0.1) is 6.92 Å². The van der Waals surface area contributed by atoms with Crippen LogP contribution in [0.4, 0.5) is 5.82 Å². The Morgan fingerprint density at radius 3 is 2.55 bits per heavy atom. The fraction of sp³-hybridized carbons (Fsp3) is 0.0952. The molecule has 0 atom stereocenters. The van der Waals surface area contributed by atoms with Gasteiger partial charge in [0, 0.05) is 11.6 Å². The molecule has 0 aliphatic carbocycles. The Bertz CT molecular complexity index is 1510. The van der Waals surface area contributed by atoms with E-state index in [9.17, 15) is 8.42 Å². The average molecular weight is 470 g/mol. The Balaban J connectivity index is 1.61. The second kappa shape index (κ2) is 7.60. The smallest absolute Gasteiger partial charge is 0.229 e. The van der Waals surface area contributed by atoms with Gasteiger partial charge in [0.2, 0.25) is 14.9 Å². The second-order valence-corrected chi connectivity index (χ2v) is 10.2. The first-order valence-electron chi connectivity index (χ1n) is 9.36. The number of hydrogen-bond donors (Lipinski definition) is 1. The van der Waals surface area contributed by atoms with E-state index in [0.717, 1.165) is 15.8 Å². The van der Waals surface area contributed by atoms with E-state index in [1.54, 1.807) is 0 Å². The van der Waals surface area contributed by atoms with Crippen LogP contribution in [-0.2, 0) is 16.4 Å². The molecule has 0 aliphatic rings. The van der Waals surface area contributed by atoms with Crippen LogP contribution in [0.1, 0.15) is 11.1 Å². The van der Waals surface area contributed by atoms with Gasteiger partial charge in [-0.05, 0) is 48.2 Å². The Morgan fingerprint density at radius 1 is 1.06 bits per heavy atom. The number of aromatic nitrogens is 4. The third kappa shape index (κ3) is 3.54. The van der Waals surface area contributed by atoms with Gasteiger partial charge in [-0.1, -0.05) is 46.6 Å². The molecule has 0 amide bonds. The van der Waals surface area contributed by atoms with Crippen LogP contribution in [0.25, 0.3) is 15.9 Å². The summed E-state index contributed by atoms with van der Waals surface area (Å²) < 4.78 is 28.7. The molecule has 156 valence electrons. The number of anilines is 1. The lowest BCUT2D eigenvalue weighted by Crippen LogP contribution is -2.06. The Labute approximate surface area is 187 Å². The first-order valence-corrected chi connectivity index (χ1v) is 12.1. The summed E-state index contributed by atoms with van der Waals surface area (Å²) in [6.07, 6.45) is 0. The predicted molar refractivity (Wildman–Crippen MR) is 122 cm³/mol. The number of thiophene rings is 1. The van der Waals surface area contributed by atoms with Crippen LogP contribution in [0.2, 0.25) is 5.02 Å². The molecule has 0 bridgehead atoms. The van der Waals surface area contributed by atoms with Crippen molar-refractivity contribution < 1.29 is 8.42 Å². The van der Waals surface area contributed by atoms with Gasteiger partial charge in [-0.15, -0.1) is 16.4 Å². The van der Waals surface area contributed by atoms with Crippen molar-refractivity contribution in [3.8, 4) is 0 Å². The summed E-state index contributed by atoms with van der Waals surface area (Å²) in [5.74, 6) is 0.591. The molecular formula is C21H16ClN5O2S2. The zero-order chi connectivity index (χ0) is 21.6. The van der Waals surface area contributed by atoms with E-state index < -0.39 is 9.84 Å². The normalized spacial score (nSPS) is 11.9. The first-order chi connectivity index (χ1) is 14.9.